The van der Waals surface area contributed by atoms with Crippen LogP contribution in [-0.2, 0) is 4.74 Å². The van der Waals surface area contributed by atoms with Gasteiger partial charge in [0.05, 0.1) is 19.8 Å². The summed E-state index contributed by atoms with van der Waals surface area (Å²) >= 11 is 0. The van der Waals surface area contributed by atoms with Gasteiger partial charge in [0.25, 0.3) is 0 Å². The quantitative estimate of drug-likeness (QED) is 0.184. The van der Waals surface area contributed by atoms with Gasteiger partial charge in [-0.3, -0.25) is 4.79 Å². The monoisotopic (exact) mass is 520 g/mol. The van der Waals surface area contributed by atoms with E-state index in [0.29, 0.717) is 72.3 Å². The average Bonchev–Trinajstić information content (AvgIpc) is 3.59. The lowest BCUT2D eigenvalue weighted by Crippen LogP contribution is -2.16. The molecule has 0 aliphatic rings. The number of carbonyl (C=O) groups excluding carboxylic acids is 1. The first-order chi connectivity index (χ1) is 18.5. The van der Waals surface area contributed by atoms with Crippen molar-refractivity contribution in [2.24, 2.45) is 0 Å². The molecular weight excluding hydrogens is 488 g/mol. The van der Waals surface area contributed by atoms with Crippen molar-refractivity contribution in [3.8, 4) is 40.0 Å². The third-order valence-electron chi connectivity index (χ3n) is 5.60. The largest absolute Gasteiger partial charge is 0.490 e. The predicted molar refractivity (Wildman–Crippen MR) is 141 cm³/mol. The molecule has 2 aromatic heterocycles. The van der Waals surface area contributed by atoms with Crippen molar-refractivity contribution in [3.05, 3.63) is 65.7 Å². The zero-order valence-corrected chi connectivity index (χ0v) is 22.3. The molecule has 4 aromatic rings. The molecule has 0 bridgehead atoms. The van der Waals surface area contributed by atoms with Gasteiger partial charge in [0.2, 0.25) is 23.3 Å². The van der Waals surface area contributed by atoms with E-state index in [1.54, 1.807) is 19.1 Å². The first-order valence-corrected chi connectivity index (χ1v) is 12.7. The molecular formula is C29H32N2O7. The van der Waals surface area contributed by atoms with Crippen LogP contribution < -0.4 is 14.2 Å². The van der Waals surface area contributed by atoms with Crippen LogP contribution in [0.15, 0.2) is 57.4 Å². The second-order valence-electron chi connectivity index (χ2n) is 8.21. The van der Waals surface area contributed by atoms with E-state index in [1.165, 1.54) is 0 Å². The van der Waals surface area contributed by atoms with E-state index in [9.17, 15) is 4.79 Å². The van der Waals surface area contributed by atoms with Gasteiger partial charge in [-0.2, -0.15) is 0 Å². The Hall–Kier alpha value is -4.11. The molecule has 9 heteroatoms. The Morgan fingerprint density at radius 3 is 2.00 bits per heavy atom. The molecule has 200 valence electrons. The highest BCUT2D eigenvalue weighted by Gasteiger charge is 2.26. The van der Waals surface area contributed by atoms with Crippen molar-refractivity contribution >= 4 is 5.78 Å². The molecule has 1 atom stereocenters. The maximum atomic E-state index is 13.5. The van der Waals surface area contributed by atoms with Crippen molar-refractivity contribution in [3.63, 3.8) is 0 Å². The third kappa shape index (κ3) is 5.89. The van der Waals surface area contributed by atoms with E-state index >= 15 is 0 Å². The summed E-state index contributed by atoms with van der Waals surface area (Å²) in [5.41, 5.74) is 2.14. The molecule has 0 fully saturated rings. The van der Waals surface area contributed by atoms with Gasteiger partial charge in [0.15, 0.2) is 17.3 Å². The fourth-order valence-corrected chi connectivity index (χ4v) is 3.99. The summed E-state index contributed by atoms with van der Waals surface area (Å²) in [7, 11) is 0. The summed E-state index contributed by atoms with van der Waals surface area (Å²) in [6, 6.07) is 14.3. The minimum Gasteiger partial charge on any atom is -0.490 e. The lowest BCUT2D eigenvalue weighted by atomic mass is 10.0. The minimum absolute atomic E-state index is 0.180. The first-order valence-electron chi connectivity index (χ1n) is 12.7. The molecule has 4 rings (SSSR count). The molecule has 0 aliphatic carbocycles. The van der Waals surface area contributed by atoms with Crippen LogP contribution >= 0.6 is 0 Å². The second kappa shape index (κ2) is 12.4. The Bertz CT molecular complexity index is 1330. The highest BCUT2D eigenvalue weighted by Crippen LogP contribution is 2.42. The van der Waals surface area contributed by atoms with Gasteiger partial charge in [-0.25, -0.2) is 0 Å². The van der Waals surface area contributed by atoms with E-state index in [1.807, 2.05) is 64.1 Å². The van der Waals surface area contributed by atoms with Crippen LogP contribution in [0.2, 0.25) is 0 Å². The number of hydrogen-bond acceptors (Lipinski definition) is 9. The van der Waals surface area contributed by atoms with E-state index in [0.717, 1.165) is 5.56 Å². The SMILES string of the molecule is CCOc1cc(-c2ccc(C(=O)C(OCC)c3ccc(-c4nnc(C)o4)cc3)o2)cc(OCC)c1OCC. The molecule has 0 N–H and O–H groups in total. The van der Waals surface area contributed by atoms with Crippen LogP contribution in [0.5, 0.6) is 17.2 Å². The summed E-state index contributed by atoms with van der Waals surface area (Å²) in [6.45, 7) is 11.0. The smallest absolute Gasteiger partial charge is 0.247 e. The average molecular weight is 521 g/mol. The highest BCUT2D eigenvalue weighted by atomic mass is 16.5. The number of carbonyl (C=O) groups is 1. The van der Waals surface area contributed by atoms with Crippen LogP contribution in [0, 0.1) is 6.92 Å². The Morgan fingerprint density at radius 2 is 1.45 bits per heavy atom. The van der Waals surface area contributed by atoms with Crippen LogP contribution in [0.4, 0.5) is 0 Å². The predicted octanol–water partition coefficient (Wildman–Crippen LogP) is 6.46. The number of ketones is 1. The summed E-state index contributed by atoms with van der Waals surface area (Å²) in [4.78, 5) is 13.5. The van der Waals surface area contributed by atoms with Gasteiger partial charge < -0.3 is 27.8 Å². The molecule has 0 amide bonds. The van der Waals surface area contributed by atoms with Gasteiger partial charge in [0.1, 0.15) is 11.9 Å². The van der Waals surface area contributed by atoms with Gasteiger partial charge in [-0.15, -0.1) is 10.2 Å². The standard InChI is InChI=1S/C29H32N2O7/c1-6-33-24-16-21(17-25(34-7-2)28(24)36-9-4)22-14-15-23(38-22)26(32)27(35-8-3)19-10-12-20(13-11-19)29-31-30-18(5)37-29/h10-17,27H,6-9H2,1-5H3. The summed E-state index contributed by atoms with van der Waals surface area (Å²) in [5.74, 6) is 2.91. The summed E-state index contributed by atoms with van der Waals surface area (Å²) in [6.07, 6.45) is -0.837. The Morgan fingerprint density at radius 1 is 0.789 bits per heavy atom. The van der Waals surface area contributed by atoms with Gasteiger partial charge in [-0.05, 0) is 69.7 Å². The lowest BCUT2D eigenvalue weighted by Gasteiger charge is -2.17. The van der Waals surface area contributed by atoms with Crippen molar-refractivity contribution < 1.29 is 32.6 Å². The molecule has 38 heavy (non-hydrogen) atoms. The fraction of sp³-hybridized carbons (Fsp3) is 0.345. The Kier molecular flexibility index (Phi) is 8.81. The zero-order chi connectivity index (χ0) is 27.1. The highest BCUT2D eigenvalue weighted by molar-refractivity contribution is 5.98. The third-order valence-corrected chi connectivity index (χ3v) is 5.60. The molecule has 0 radical (unpaired) electrons. The number of aromatic nitrogens is 2. The zero-order valence-electron chi connectivity index (χ0n) is 22.3. The van der Waals surface area contributed by atoms with Crippen LogP contribution in [0.3, 0.4) is 0 Å². The number of Topliss-reactive ketones (excluding diaryl/α,β-unsaturated/α-hetero) is 1. The van der Waals surface area contributed by atoms with E-state index in [4.69, 9.17) is 27.8 Å². The lowest BCUT2D eigenvalue weighted by molar-refractivity contribution is 0.0429. The first kappa shape index (κ1) is 26.9. The van der Waals surface area contributed by atoms with Crippen molar-refractivity contribution in [2.45, 2.75) is 40.7 Å². The summed E-state index contributed by atoms with van der Waals surface area (Å²) < 4.78 is 34.8. The number of benzene rings is 2. The van der Waals surface area contributed by atoms with Gasteiger partial charge in [0, 0.05) is 24.7 Å². The number of furan rings is 1. The molecule has 1 unspecified atom stereocenters. The number of rotatable bonds is 13. The van der Waals surface area contributed by atoms with E-state index < -0.39 is 6.10 Å². The maximum Gasteiger partial charge on any atom is 0.247 e. The molecule has 9 nitrogen and oxygen atoms in total. The van der Waals surface area contributed by atoms with Gasteiger partial charge in [-0.1, -0.05) is 12.1 Å². The molecule has 0 aliphatic heterocycles. The molecule has 2 heterocycles. The maximum absolute atomic E-state index is 13.5. The summed E-state index contributed by atoms with van der Waals surface area (Å²) in [5, 5.41) is 7.90. The fourth-order valence-electron chi connectivity index (χ4n) is 3.99. The number of nitrogens with zero attached hydrogens (tertiary/aromatic N) is 2. The molecule has 2 aromatic carbocycles. The second-order valence-corrected chi connectivity index (χ2v) is 8.21. The minimum atomic E-state index is -0.837. The number of aryl methyl sites for hydroxylation is 1. The Balaban J connectivity index is 1.63. The number of hydrogen-bond donors (Lipinski definition) is 0. The van der Waals surface area contributed by atoms with Crippen LogP contribution in [0.25, 0.3) is 22.8 Å². The van der Waals surface area contributed by atoms with Crippen LogP contribution in [0.1, 0.15) is 55.8 Å². The van der Waals surface area contributed by atoms with Crippen LogP contribution in [-0.4, -0.2) is 42.4 Å². The molecule has 0 saturated heterocycles. The Labute approximate surface area is 221 Å². The van der Waals surface area contributed by atoms with Crippen molar-refractivity contribution in [2.75, 3.05) is 26.4 Å². The van der Waals surface area contributed by atoms with Crippen molar-refractivity contribution in [1.82, 2.24) is 10.2 Å². The molecule has 0 spiro atoms. The van der Waals surface area contributed by atoms with Gasteiger partial charge >= 0.3 is 0 Å². The normalized spacial score (nSPS) is 11.8. The number of ether oxygens (including phenoxy) is 4. The van der Waals surface area contributed by atoms with E-state index in [-0.39, 0.29) is 11.5 Å². The topological polar surface area (TPSA) is 106 Å². The van der Waals surface area contributed by atoms with E-state index in [2.05, 4.69) is 10.2 Å². The van der Waals surface area contributed by atoms with Crippen molar-refractivity contribution in [1.29, 1.82) is 0 Å². The molecule has 0 saturated carbocycles.